The number of aliphatic hydroxyl groups is 2. The van der Waals surface area contributed by atoms with E-state index in [1.807, 2.05) is 30.3 Å². The van der Waals surface area contributed by atoms with Gasteiger partial charge >= 0.3 is 7.60 Å². The highest BCUT2D eigenvalue weighted by Crippen LogP contribution is 2.41. The van der Waals surface area contributed by atoms with Crippen LogP contribution in [0.1, 0.15) is 18.4 Å². The van der Waals surface area contributed by atoms with Gasteiger partial charge in [-0.2, -0.15) is 0 Å². The third kappa shape index (κ3) is 5.47. The zero-order valence-electron chi connectivity index (χ0n) is 12.6. The molecule has 1 aromatic carbocycles. The fourth-order valence-electron chi connectivity index (χ4n) is 2.82. The topological polar surface area (TPSA) is 99.0 Å². The van der Waals surface area contributed by atoms with E-state index < -0.39 is 25.9 Å². The molecule has 0 radical (unpaired) electrons. The Bertz CT molecular complexity index is 506. The average Bonchev–Trinajstić information content (AvgIpc) is 2.42. The molecule has 22 heavy (non-hydrogen) atoms. The number of benzene rings is 1. The molecule has 4 N–H and O–H groups in total. The molecule has 1 fully saturated rings. The van der Waals surface area contributed by atoms with Crippen molar-refractivity contribution in [3.63, 3.8) is 0 Å². The molecular formula is C15H24NO5P. The number of nitrogens with one attached hydrogen (secondary N) is 1. The lowest BCUT2D eigenvalue weighted by atomic mass is 9.88. The van der Waals surface area contributed by atoms with Crippen molar-refractivity contribution in [3.8, 4) is 0 Å². The van der Waals surface area contributed by atoms with Gasteiger partial charge in [0, 0.05) is 19.1 Å². The van der Waals surface area contributed by atoms with Gasteiger partial charge in [0.15, 0.2) is 0 Å². The molecule has 1 aliphatic carbocycles. The van der Waals surface area contributed by atoms with Crippen LogP contribution in [-0.4, -0.2) is 52.7 Å². The summed E-state index contributed by atoms with van der Waals surface area (Å²) in [7, 11) is -3.70. The first kappa shape index (κ1) is 17.6. The summed E-state index contributed by atoms with van der Waals surface area (Å²) in [4.78, 5) is 9.41. The van der Waals surface area contributed by atoms with Crippen LogP contribution in [0.25, 0.3) is 0 Å². The first-order chi connectivity index (χ1) is 10.3. The minimum absolute atomic E-state index is 0.154. The lowest BCUT2D eigenvalue weighted by molar-refractivity contribution is -0.0591. The van der Waals surface area contributed by atoms with E-state index in [-0.39, 0.29) is 12.5 Å². The van der Waals surface area contributed by atoms with Crippen LogP contribution < -0.4 is 5.32 Å². The smallest absolute Gasteiger partial charge is 0.325 e. The molecule has 1 aromatic rings. The van der Waals surface area contributed by atoms with Crippen molar-refractivity contribution in [1.82, 2.24) is 5.32 Å². The summed E-state index contributed by atoms with van der Waals surface area (Å²) in [5, 5.41) is 23.1. The van der Waals surface area contributed by atoms with E-state index in [1.165, 1.54) is 5.56 Å². The maximum atomic E-state index is 11.5. The summed E-state index contributed by atoms with van der Waals surface area (Å²) in [6.45, 7) is 1.74. The second-order valence-corrected chi connectivity index (χ2v) is 7.68. The van der Waals surface area contributed by atoms with Crippen molar-refractivity contribution in [1.29, 1.82) is 0 Å². The van der Waals surface area contributed by atoms with E-state index in [9.17, 15) is 19.7 Å². The molecule has 124 valence electrons. The summed E-state index contributed by atoms with van der Waals surface area (Å²) in [6, 6.07) is 9.57. The summed E-state index contributed by atoms with van der Waals surface area (Å²) in [5.41, 5.74) is 1.17. The third-order valence-corrected chi connectivity index (χ3v) is 4.43. The molecule has 6 nitrogen and oxygen atoms in total. The molecule has 0 bridgehead atoms. The van der Waals surface area contributed by atoms with Crippen molar-refractivity contribution in [2.45, 2.75) is 43.6 Å². The summed E-state index contributed by atoms with van der Waals surface area (Å²) in [6.07, 6.45) is -1.06. The Morgan fingerprint density at radius 2 is 1.95 bits per heavy atom. The van der Waals surface area contributed by atoms with Gasteiger partial charge in [-0.15, -0.1) is 0 Å². The van der Waals surface area contributed by atoms with Gasteiger partial charge in [0.2, 0.25) is 0 Å². The molecule has 1 aliphatic rings. The van der Waals surface area contributed by atoms with Gasteiger partial charge in [0.05, 0.1) is 12.2 Å². The minimum atomic E-state index is -3.70. The highest BCUT2D eigenvalue weighted by Gasteiger charge is 2.39. The van der Waals surface area contributed by atoms with E-state index in [4.69, 9.17) is 4.52 Å². The van der Waals surface area contributed by atoms with Crippen LogP contribution in [-0.2, 0) is 15.5 Å². The standard InChI is InChI=1S/C15H24NO5P/c1-22(19,20)21-15-13(9-12(17)10-14(15)18)16-8-7-11-5-3-2-4-6-11/h2-6,12-18H,7-10H2,1H3,(H,19,20)/t12-,13+,14+,15-/m0/s1. The van der Waals surface area contributed by atoms with Gasteiger partial charge in [0.1, 0.15) is 6.10 Å². The Hall–Kier alpha value is -0.750. The lowest BCUT2D eigenvalue weighted by Crippen LogP contribution is -2.54. The van der Waals surface area contributed by atoms with Crippen LogP contribution in [0, 0.1) is 0 Å². The van der Waals surface area contributed by atoms with Crippen LogP contribution in [0.3, 0.4) is 0 Å². The Balaban J connectivity index is 1.93. The molecule has 2 rings (SSSR count). The molecule has 1 unspecified atom stereocenters. The predicted molar refractivity (Wildman–Crippen MR) is 83.8 cm³/mol. The molecular weight excluding hydrogens is 305 g/mol. The van der Waals surface area contributed by atoms with E-state index >= 15 is 0 Å². The summed E-state index contributed by atoms with van der Waals surface area (Å²) >= 11 is 0. The minimum Gasteiger partial charge on any atom is -0.393 e. The van der Waals surface area contributed by atoms with E-state index in [0.717, 1.165) is 13.1 Å². The van der Waals surface area contributed by atoms with Gasteiger partial charge in [-0.05, 0) is 24.9 Å². The second kappa shape index (κ2) is 7.68. The Labute approximate surface area is 130 Å². The highest BCUT2D eigenvalue weighted by atomic mass is 31.2. The van der Waals surface area contributed by atoms with Gasteiger partial charge in [-0.25, -0.2) is 0 Å². The first-order valence-corrected chi connectivity index (χ1v) is 9.50. The number of aliphatic hydroxyl groups excluding tert-OH is 2. The van der Waals surface area contributed by atoms with Crippen molar-refractivity contribution < 1.29 is 24.2 Å². The number of rotatable bonds is 6. The first-order valence-electron chi connectivity index (χ1n) is 7.47. The number of hydrogen-bond acceptors (Lipinski definition) is 5. The zero-order valence-corrected chi connectivity index (χ0v) is 13.5. The fraction of sp³-hybridized carbons (Fsp3) is 0.600. The van der Waals surface area contributed by atoms with Gasteiger partial charge in [-0.1, -0.05) is 30.3 Å². The third-order valence-electron chi connectivity index (χ3n) is 3.80. The quantitative estimate of drug-likeness (QED) is 0.579. The SMILES string of the molecule is CP(=O)(O)O[C@@H]1[C@H](O)C[C@@H](O)C[C@H]1NCCc1ccccc1. The molecule has 7 heteroatoms. The maximum Gasteiger partial charge on any atom is 0.325 e. The van der Waals surface area contributed by atoms with Crippen molar-refractivity contribution in [2.75, 3.05) is 13.2 Å². The van der Waals surface area contributed by atoms with Crippen LogP contribution in [0.4, 0.5) is 0 Å². The normalized spacial score (nSPS) is 31.6. The molecule has 0 spiro atoms. The average molecular weight is 329 g/mol. The molecule has 0 amide bonds. The summed E-state index contributed by atoms with van der Waals surface area (Å²) < 4.78 is 16.6. The van der Waals surface area contributed by atoms with E-state index in [2.05, 4.69) is 5.32 Å². The lowest BCUT2D eigenvalue weighted by Gasteiger charge is -2.38. The van der Waals surface area contributed by atoms with Crippen molar-refractivity contribution in [3.05, 3.63) is 35.9 Å². The predicted octanol–water partition coefficient (Wildman–Crippen LogP) is 0.903. The van der Waals surface area contributed by atoms with Gasteiger partial charge in [0.25, 0.3) is 0 Å². The Kier molecular flexibility index (Phi) is 6.15. The fourth-order valence-corrected chi connectivity index (χ4v) is 3.56. The van der Waals surface area contributed by atoms with Crippen molar-refractivity contribution >= 4 is 7.60 Å². The van der Waals surface area contributed by atoms with Crippen LogP contribution in [0.15, 0.2) is 30.3 Å². The van der Waals surface area contributed by atoms with Crippen LogP contribution >= 0.6 is 7.60 Å². The molecule has 0 aromatic heterocycles. The molecule has 0 aliphatic heterocycles. The van der Waals surface area contributed by atoms with E-state index in [1.54, 1.807) is 0 Å². The van der Waals surface area contributed by atoms with Gasteiger partial charge in [-0.3, -0.25) is 4.57 Å². The van der Waals surface area contributed by atoms with Crippen molar-refractivity contribution in [2.24, 2.45) is 0 Å². The summed E-state index contributed by atoms with van der Waals surface area (Å²) in [5.74, 6) is 0. The second-order valence-electron chi connectivity index (χ2n) is 5.86. The maximum absolute atomic E-state index is 11.5. The Morgan fingerprint density at radius 1 is 1.27 bits per heavy atom. The molecule has 1 saturated carbocycles. The molecule has 0 heterocycles. The molecule has 0 saturated heterocycles. The van der Waals surface area contributed by atoms with E-state index in [0.29, 0.717) is 13.0 Å². The number of hydrogen-bond donors (Lipinski definition) is 4. The Morgan fingerprint density at radius 3 is 2.59 bits per heavy atom. The van der Waals surface area contributed by atoms with Gasteiger partial charge < -0.3 is 24.9 Å². The monoisotopic (exact) mass is 329 g/mol. The largest absolute Gasteiger partial charge is 0.393 e. The zero-order chi connectivity index (χ0) is 16.2. The molecule has 5 atom stereocenters. The highest BCUT2D eigenvalue weighted by molar-refractivity contribution is 7.51. The van der Waals surface area contributed by atoms with Crippen LogP contribution in [0.2, 0.25) is 0 Å². The van der Waals surface area contributed by atoms with Crippen LogP contribution in [0.5, 0.6) is 0 Å².